The van der Waals surface area contributed by atoms with E-state index in [4.69, 9.17) is 0 Å². The van der Waals surface area contributed by atoms with Gasteiger partial charge in [0.1, 0.15) is 0 Å². The molecule has 2 rings (SSSR count). The van der Waals surface area contributed by atoms with Gasteiger partial charge in [-0.05, 0) is 19.1 Å². The van der Waals surface area contributed by atoms with Crippen molar-refractivity contribution in [2.75, 3.05) is 23.3 Å². The summed E-state index contributed by atoms with van der Waals surface area (Å²) < 4.78 is 0. The molecule has 0 saturated heterocycles. The zero-order valence-electron chi connectivity index (χ0n) is 9.31. The number of hydrogen-bond donors (Lipinski definition) is 2. The number of hydrogen-bond acceptors (Lipinski definition) is 3. The topological polar surface area (TPSA) is 52.6 Å². The van der Waals surface area contributed by atoms with Crippen molar-refractivity contribution in [2.24, 2.45) is 0 Å². The number of nitrogens with one attached hydrogen (secondary N) is 1. The highest BCUT2D eigenvalue weighted by Gasteiger charge is 2.22. The van der Waals surface area contributed by atoms with Crippen LogP contribution in [0.1, 0.15) is 13.3 Å². The number of aliphatic hydroxyl groups is 1. The lowest BCUT2D eigenvalue weighted by Gasteiger charge is -2.23. The van der Waals surface area contributed by atoms with Crippen molar-refractivity contribution in [1.29, 1.82) is 0 Å². The van der Waals surface area contributed by atoms with Crippen LogP contribution in [-0.4, -0.2) is 30.2 Å². The van der Waals surface area contributed by atoms with E-state index in [1.165, 1.54) is 0 Å². The number of benzene rings is 1. The van der Waals surface area contributed by atoms with Crippen LogP contribution in [0.15, 0.2) is 24.3 Å². The van der Waals surface area contributed by atoms with Gasteiger partial charge in [-0.1, -0.05) is 12.1 Å². The number of β-amino-alcohol motifs (C(OH)–C–C–N with tert-alkyl or cyclic N) is 1. The standard InChI is InChI=1S/C12H16N2O2/c1-9(15)8-14-11-5-3-2-4-10(11)13-7-6-12(14)16/h2-5,9,13,15H,6-8H2,1H3. The lowest BCUT2D eigenvalue weighted by Crippen LogP contribution is -2.36. The van der Waals surface area contributed by atoms with Crippen LogP contribution in [0.3, 0.4) is 0 Å². The van der Waals surface area contributed by atoms with E-state index in [1.54, 1.807) is 11.8 Å². The van der Waals surface area contributed by atoms with E-state index in [9.17, 15) is 9.90 Å². The predicted molar refractivity (Wildman–Crippen MR) is 63.6 cm³/mol. The number of amides is 1. The molecule has 0 radical (unpaired) electrons. The van der Waals surface area contributed by atoms with Crippen molar-refractivity contribution < 1.29 is 9.90 Å². The third kappa shape index (κ3) is 2.17. The molecule has 1 aliphatic rings. The van der Waals surface area contributed by atoms with Crippen LogP contribution in [0.25, 0.3) is 0 Å². The van der Waals surface area contributed by atoms with E-state index >= 15 is 0 Å². The maximum Gasteiger partial charge on any atom is 0.228 e. The average Bonchev–Trinajstić information content (AvgIpc) is 2.40. The Hall–Kier alpha value is -1.55. The van der Waals surface area contributed by atoms with Crippen LogP contribution in [0.2, 0.25) is 0 Å². The summed E-state index contributed by atoms with van der Waals surface area (Å²) in [7, 11) is 0. The molecule has 0 bridgehead atoms. The summed E-state index contributed by atoms with van der Waals surface area (Å²) >= 11 is 0. The van der Waals surface area contributed by atoms with Crippen molar-refractivity contribution in [3.8, 4) is 0 Å². The Labute approximate surface area is 94.9 Å². The highest BCUT2D eigenvalue weighted by atomic mass is 16.3. The summed E-state index contributed by atoms with van der Waals surface area (Å²) in [4.78, 5) is 13.5. The Morgan fingerprint density at radius 1 is 1.50 bits per heavy atom. The minimum absolute atomic E-state index is 0.0540. The summed E-state index contributed by atoms with van der Waals surface area (Å²) in [5, 5.41) is 12.6. The average molecular weight is 220 g/mol. The maximum atomic E-state index is 11.9. The van der Waals surface area contributed by atoms with E-state index in [-0.39, 0.29) is 5.91 Å². The number of carbonyl (C=O) groups is 1. The first kappa shape index (κ1) is 11.0. The predicted octanol–water partition coefficient (Wildman–Crippen LogP) is 1.22. The van der Waals surface area contributed by atoms with Gasteiger partial charge >= 0.3 is 0 Å². The molecule has 0 fully saturated rings. The number of rotatable bonds is 2. The molecule has 4 heteroatoms. The van der Waals surface area contributed by atoms with Crippen molar-refractivity contribution in [3.63, 3.8) is 0 Å². The van der Waals surface area contributed by atoms with E-state index in [0.717, 1.165) is 11.4 Å². The molecule has 2 N–H and O–H groups in total. The first-order chi connectivity index (χ1) is 7.68. The fourth-order valence-corrected chi connectivity index (χ4v) is 1.90. The molecule has 1 atom stereocenters. The number of nitrogens with zero attached hydrogens (tertiary/aromatic N) is 1. The molecule has 16 heavy (non-hydrogen) atoms. The minimum atomic E-state index is -0.518. The number of anilines is 2. The zero-order valence-corrected chi connectivity index (χ0v) is 9.31. The van der Waals surface area contributed by atoms with Crippen molar-refractivity contribution in [1.82, 2.24) is 0 Å². The summed E-state index contributed by atoms with van der Waals surface area (Å²) in [6.07, 6.45) is -0.0587. The molecule has 1 aromatic carbocycles. The van der Waals surface area contributed by atoms with Gasteiger partial charge in [0.05, 0.1) is 24.0 Å². The smallest absolute Gasteiger partial charge is 0.228 e. The second-order valence-corrected chi connectivity index (χ2v) is 4.05. The van der Waals surface area contributed by atoms with E-state index in [2.05, 4.69) is 5.32 Å². The summed E-state index contributed by atoms with van der Waals surface area (Å²) in [6.45, 7) is 2.68. The molecule has 86 valence electrons. The quantitative estimate of drug-likeness (QED) is 0.787. The lowest BCUT2D eigenvalue weighted by atomic mass is 10.2. The maximum absolute atomic E-state index is 11.9. The SMILES string of the molecule is CC(O)CN1C(=O)CCNc2ccccc21. The van der Waals surface area contributed by atoms with Gasteiger partial charge in [-0.25, -0.2) is 0 Å². The first-order valence-electron chi connectivity index (χ1n) is 5.50. The van der Waals surface area contributed by atoms with Crippen molar-refractivity contribution >= 4 is 17.3 Å². The fraction of sp³-hybridized carbons (Fsp3) is 0.417. The number of fused-ring (bicyclic) bond motifs is 1. The highest BCUT2D eigenvalue weighted by molar-refractivity contribution is 5.98. The van der Waals surface area contributed by atoms with Gasteiger partial charge in [0, 0.05) is 13.0 Å². The Balaban J connectivity index is 2.36. The van der Waals surface area contributed by atoms with Crippen LogP contribution >= 0.6 is 0 Å². The fourth-order valence-electron chi connectivity index (χ4n) is 1.90. The molecule has 1 heterocycles. The van der Waals surface area contributed by atoms with Gasteiger partial charge in [-0.3, -0.25) is 4.79 Å². The van der Waals surface area contributed by atoms with Crippen LogP contribution in [0.5, 0.6) is 0 Å². The largest absolute Gasteiger partial charge is 0.392 e. The van der Waals surface area contributed by atoms with Crippen LogP contribution in [0.4, 0.5) is 11.4 Å². The molecule has 4 nitrogen and oxygen atoms in total. The Morgan fingerprint density at radius 3 is 3.00 bits per heavy atom. The van der Waals surface area contributed by atoms with Gasteiger partial charge in [0.2, 0.25) is 5.91 Å². The first-order valence-corrected chi connectivity index (χ1v) is 5.50. The summed E-state index contributed by atoms with van der Waals surface area (Å²) in [6, 6.07) is 7.67. The normalized spacial score (nSPS) is 17.4. The monoisotopic (exact) mass is 220 g/mol. The molecule has 0 saturated carbocycles. The number of carbonyl (C=O) groups excluding carboxylic acids is 1. The van der Waals surface area contributed by atoms with Gasteiger partial charge in [0.15, 0.2) is 0 Å². The lowest BCUT2D eigenvalue weighted by molar-refractivity contribution is -0.118. The van der Waals surface area contributed by atoms with Crippen LogP contribution < -0.4 is 10.2 Å². The van der Waals surface area contributed by atoms with Gasteiger partial charge in [-0.15, -0.1) is 0 Å². The molecular formula is C12H16N2O2. The molecule has 0 aliphatic carbocycles. The highest BCUT2D eigenvalue weighted by Crippen LogP contribution is 2.28. The second kappa shape index (κ2) is 4.53. The molecule has 0 spiro atoms. The molecular weight excluding hydrogens is 204 g/mol. The third-order valence-electron chi connectivity index (χ3n) is 2.60. The molecule has 0 aromatic heterocycles. The van der Waals surface area contributed by atoms with Gasteiger partial charge in [0.25, 0.3) is 0 Å². The zero-order chi connectivity index (χ0) is 11.5. The van der Waals surface area contributed by atoms with Crippen molar-refractivity contribution in [3.05, 3.63) is 24.3 Å². The molecule has 1 amide bonds. The molecule has 1 unspecified atom stereocenters. The summed E-state index contributed by atoms with van der Waals surface area (Å²) in [5.74, 6) is 0.0540. The van der Waals surface area contributed by atoms with Crippen LogP contribution in [-0.2, 0) is 4.79 Å². The van der Waals surface area contributed by atoms with Gasteiger partial charge in [-0.2, -0.15) is 0 Å². The minimum Gasteiger partial charge on any atom is -0.392 e. The Bertz CT molecular complexity index is 390. The number of aliphatic hydroxyl groups excluding tert-OH is 1. The molecule has 1 aromatic rings. The van der Waals surface area contributed by atoms with Crippen molar-refractivity contribution in [2.45, 2.75) is 19.4 Å². The second-order valence-electron chi connectivity index (χ2n) is 4.05. The van der Waals surface area contributed by atoms with E-state index in [1.807, 2.05) is 24.3 Å². The van der Waals surface area contributed by atoms with Crippen LogP contribution in [0, 0.1) is 0 Å². The molecule has 1 aliphatic heterocycles. The van der Waals surface area contributed by atoms with E-state index < -0.39 is 6.10 Å². The summed E-state index contributed by atoms with van der Waals surface area (Å²) in [5.41, 5.74) is 1.81. The third-order valence-corrected chi connectivity index (χ3v) is 2.60. The van der Waals surface area contributed by atoms with E-state index in [0.29, 0.717) is 19.5 Å². The Kier molecular flexibility index (Phi) is 3.10. The number of para-hydroxylation sites is 2. The van der Waals surface area contributed by atoms with Gasteiger partial charge < -0.3 is 15.3 Å². The Morgan fingerprint density at radius 2 is 2.25 bits per heavy atom.